The number of hydrogen-bond acceptors (Lipinski definition) is 5. The van der Waals surface area contributed by atoms with Gasteiger partial charge in [0.2, 0.25) is 0 Å². The van der Waals surface area contributed by atoms with Gasteiger partial charge in [0.15, 0.2) is 11.1 Å². The second kappa shape index (κ2) is 6.08. The number of aromatic nitrogens is 1. The quantitative estimate of drug-likeness (QED) is 0.726. The number of anilines is 2. The Labute approximate surface area is 132 Å². The Kier molecular flexibility index (Phi) is 3.97. The van der Waals surface area contributed by atoms with Gasteiger partial charge in [-0.05, 0) is 48.4 Å². The fourth-order valence-corrected chi connectivity index (χ4v) is 2.36. The number of fused-ring (bicyclic) bond motifs is 1. The second-order valence-electron chi connectivity index (χ2n) is 5.12. The third kappa shape index (κ3) is 3.01. The maximum atomic E-state index is 13.2. The predicted octanol–water partition coefficient (Wildman–Crippen LogP) is 3.77. The first-order valence-electron chi connectivity index (χ1n) is 7.05. The van der Waals surface area contributed by atoms with Crippen molar-refractivity contribution < 1.29 is 18.3 Å². The zero-order valence-corrected chi connectivity index (χ0v) is 12.7. The van der Waals surface area contributed by atoms with Gasteiger partial charge in [-0.1, -0.05) is 0 Å². The average molecular weight is 314 g/mol. The highest BCUT2D eigenvalue weighted by Crippen LogP contribution is 2.31. The van der Waals surface area contributed by atoms with Crippen LogP contribution in [0.2, 0.25) is 0 Å². The van der Waals surface area contributed by atoms with Gasteiger partial charge in [-0.2, -0.15) is 4.98 Å². The number of oxazole rings is 1. The average Bonchev–Trinajstić information content (AvgIpc) is 2.92. The van der Waals surface area contributed by atoms with Crippen molar-refractivity contribution in [3.8, 4) is 5.75 Å². The SMILES string of the molecule is COc1cc(CC=O)cc2oc(Nc3ccc(F)cc3C)nc12. The summed E-state index contributed by atoms with van der Waals surface area (Å²) in [5.41, 5.74) is 3.30. The first kappa shape index (κ1) is 15.0. The molecule has 0 amide bonds. The molecule has 0 unspecified atom stereocenters. The Balaban J connectivity index is 2.00. The van der Waals surface area contributed by atoms with Crippen molar-refractivity contribution in [2.45, 2.75) is 13.3 Å². The molecular formula is C17H15FN2O3. The van der Waals surface area contributed by atoms with E-state index in [-0.39, 0.29) is 18.3 Å². The smallest absolute Gasteiger partial charge is 0.300 e. The van der Waals surface area contributed by atoms with Gasteiger partial charge >= 0.3 is 0 Å². The number of halogens is 1. The van der Waals surface area contributed by atoms with Crippen LogP contribution in [0.4, 0.5) is 16.1 Å². The van der Waals surface area contributed by atoms with Crippen LogP contribution in [0, 0.1) is 12.7 Å². The van der Waals surface area contributed by atoms with Crippen molar-refractivity contribution in [1.29, 1.82) is 0 Å². The van der Waals surface area contributed by atoms with Crippen molar-refractivity contribution in [2.75, 3.05) is 12.4 Å². The van der Waals surface area contributed by atoms with E-state index in [1.807, 2.05) is 0 Å². The summed E-state index contributed by atoms with van der Waals surface area (Å²) in [6.45, 7) is 1.79. The summed E-state index contributed by atoms with van der Waals surface area (Å²) in [6, 6.07) is 8.19. The first-order chi connectivity index (χ1) is 11.1. The monoisotopic (exact) mass is 314 g/mol. The molecule has 6 heteroatoms. The summed E-state index contributed by atoms with van der Waals surface area (Å²) in [5, 5.41) is 3.02. The van der Waals surface area contributed by atoms with E-state index in [1.54, 1.807) is 25.1 Å². The molecule has 0 aliphatic carbocycles. The third-order valence-corrected chi connectivity index (χ3v) is 3.49. The predicted molar refractivity (Wildman–Crippen MR) is 84.7 cm³/mol. The minimum absolute atomic E-state index is 0.271. The molecule has 0 saturated carbocycles. The molecule has 3 rings (SSSR count). The Morgan fingerprint density at radius 3 is 2.87 bits per heavy atom. The number of nitrogens with one attached hydrogen (secondary N) is 1. The van der Waals surface area contributed by atoms with Gasteiger partial charge in [-0.25, -0.2) is 4.39 Å². The van der Waals surface area contributed by atoms with Crippen LogP contribution >= 0.6 is 0 Å². The minimum atomic E-state index is -0.300. The molecule has 0 fully saturated rings. The highest BCUT2D eigenvalue weighted by molar-refractivity contribution is 5.83. The summed E-state index contributed by atoms with van der Waals surface area (Å²) >= 11 is 0. The van der Waals surface area contributed by atoms with E-state index in [0.29, 0.717) is 22.5 Å². The van der Waals surface area contributed by atoms with Gasteiger partial charge in [0.05, 0.1) is 7.11 Å². The van der Waals surface area contributed by atoms with E-state index in [9.17, 15) is 9.18 Å². The molecule has 1 N–H and O–H groups in total. The van der Waals surface area contributed by atoms with Crippen molar-refractivity contribution in [3.05, 3.63) is 47.3 Å². The lowest BCUT2D eigenvalue weighted by Crippen LogP contribution is -1.94. The van der Waals surface area contributed by atoms with Crippen LogP contribution < -0.4 is 10.1 Å². The molecule has 2 aromatic carbocycles. The van der Waals surface area contributed by atoms with Crippen molar-refractivity contribution >= 4 is 29.1 Å². The summed E-state index contributed by atoms with van der Waals surface area (Å²) in [7, 11) is 1.53. The minimum Gasteiger partial charge on any atom is -0.494 e. The van der Waals surface area contributed by atoms with E-state index >= 15 is 0 Å². The summed E-state index contributed by atoms with van der Waals surface area (Å²) in [4.78, 5) is 15.1. The fraction of sp³-hybridized carbons (Fsp3) is 0.176. The number of hydrogen-bond donors (Lipinski definition) is 1. The number of carbonyl (C=O) groups excluding carboxylic acids is 1. The Morgan fingerprint density at radius 1 is 1.35 bits per heavy atom. The van der Waals surface area contributed by atoms with Crippen LogP contribution in [0.1, 0.15) is 11.1 Å². The normalized spacial score (nSPS) is 10.7. The van der Waals surface area contributed by atoms with Gasteiger partial charge in [-0.15, -0.1) is 0 Å². The number of methoxy groups -OCH3 is 1. The lowest BCUT2D eigenvalue weighted by atomic mass is 10.1. The van der Waals surface area contributed by atoms with Crippen LogP contribution in [0.15, 0.2) is 34.7 Å². The van der Waals surface area contributed by atoms with Gasteiger partial charge in [0.25, 0.3) is 6.01 Å². The third-order valence-electron chi connectivity index (χ3n) is 3.49. The number of ether oxygens (including phenoxy) is 1. The molecule has 0 radical (unpaired) electrons. The lowest BCUT2D eigenvalue weighted by Gasteiger charge is -2.05. The molecular weight excluding hydrogens is 299 g/mol. The van der Waals surface area contributed by atoms with Gasteiger partial charge in [0, 0.05) is 12.1 Å². The Morgan fingerprint density at radius 2 is 2.17 bits per heavy atom. The molecule has 0 aliphatic rings. The van der Waals surface area contributed by atoms with E-state index in [0.717, 1.165) is 17.4 Å². The summed E-state index contributed by atoms with van der Waals surface area (Å²) in [6.07, 6.45) is 1.09. The van der Waals surface area contributed by atoms with Crippen LogP contribution in [-0.2, 0) is 11.2 Å². The molecule has 3 aromatic rings. The number of aldehydes is 1. The first-order valence-corrected chi connectivity index (χ1v) is 7.05. The highest BCUT2D eigenvalue weighted by Gasteiger charge is 2.13. The van der Waals surface area contributed by atoms with E-state index < -0.39 is 0 Å². The number of aryl methyl sites for hydroxylation is 1. The zero-order valence-electron chi connectivity index (χ0n) is 12.7. The van der Waals surface area contributed by atoms with Gasteiger partial charge < -0.3 is 19.3 Å². The number of nitrogens with zero attached hydrogens (tertiary/aromatic N) is 1. The Hall–Kier alpha value is -2.89. The lowest BCUT2D eigenvalue weighted by molar-refractivity contribution is -0.107. The van der Waals surface area contributed by atoms with Crippen LogP contribution in [-0.4, -0.2) is 18.4 Å². The molecule has 0 saturated heterocycles. The standard InChI is InChI=1S/C17H15FN2O3/c1-10-7-12(18)3-4-13(10)19-17-20-16-14(22-2)8-11(5-6-21)9-15(16)23-17/h3-4,6-9H,5H2,1-2H3,(H,19,20). The maximum absolute atomic E-state index is 13.2. The van der Waals surface area contributed by atoms with Crippen LogP contribution in [0.3, 0.4) is 0 Å². The van der Waals surface area contributed by atoms with E-state index in [4.69, 9.17) is 9.15 Å². The summed E-state index contributed by atoms with van der Waals surface area (Å²) < 4.78 is 24.1. The highest BCUT2D eigenvalue weighted by atomic mass is 19.1. The van der Waals surface area contributed by atoms with Crippen molar-refractivity contribution in [3.63, 3.8) is 0 Å². The maximum Gasteiger partial charge on any atom is 0.300 e. The fourth-order valence-electron chi connectivity index (χ4n) is 2.36. The molecule has 1 aromatic heterocycles. The van der Waals surface area contributed by atoms with Crippen LogP contribution in [0.25, 0.3) is 11.1 Å². The van der Waals surface area contributed by atoms with E-state index in [1.165, 1.54) is 19.2 Å². The Bertz CT molecular complexity index is 874. The number of benzene rings is 2. The second-order valence-corrected chi connectivity index (χ2v) is 5.12. The molecule has 0 bridgehead atoms. The topological polar surface area (TPSA) is 64.4 Å². The van der Waals surface area contributed by atoms with Gasteiger partial charge in [-0.3, -0.25) is 0 Å². The largest absolute Gasteiger partial charge is 0.494 e. The van der Waals surface area contributed by atoms with Crippen LogP contribution in [0.5, 0.6) is 5.75 Å². The molecule has 0 atom stereocenters. The zero-order chi connectivity index (χ0) is 16.4. The molecule has 118 valence electrons. The number of carbonyl (C=O) groups is 1. The molecule has 0 aliphatic heterocycles. The molecule has 1 heterocycles. The molecule has 5 nitrogen and oxygen atoms in total. The van der Waals surface area contributed by atoms with Crippen molar-refractivity contribution in [1.82, 2.24) is 4.98 Å². The van der Waals surface area contributed by atoms with Gasteiger partial charge in [0.1, 0.15) is 17.9 Å². The molecule has 0 spiro atoms. The molecule has 23 heavy (non-hydrogen) atoms. The van der Waals surface area contributed by atoms with E-state index in [2.05, 4.69) is 10.3 Å². The number of rotatable bonds is 5. The summed E-state index contributed by atoms with van der Waals surface area (Å²) in [5.74, 6) is 0.234. The van der Waals surface area contributed by atoms with Crippen molar-refractivity contribution in [2.24, 2.45) is 0 Å².